The Balaban J connectivity index is 1.68. The number of amides is 1. The highest BCUT2D eigenvalue weighted by Gasteiger charge is 2.22. The van der Waals surface area contributed by atoms with Gasteiger partial charge in [-0.15, -0.1) is 0 Å². The van der Waals surface area contributed by atoms with Gasteiger partial charge in [-0.1, -0.05) is 17.8 Å². The Kier molecular flexibility index (Phi) is 5.78. The first-order valence-electron chi connectivity index (χ1n) is 8.44. The highest BCUT2D eigenvalue weighted by Crippen LogP contribution is 2.23. The van der Waals surface area contributed by atoms with Crippen LogP contribution in [0.3, 0.4) is 0 Å². The summed E-state index contributed by atoms with van der Waals surface area (Å²) < 4.78 is 7.73. The molecule has 0 atom stereocenters. The molecule has 3 aromatic rings. The van der Waals surface area contributed by atoms with Gasteiger partial charge < -0.3 is 13.9 Å². The van der Waals surface area contributed by atoms with Crippen molar-refractivity contribution < 1.29 is 9.21 Å². The summed E-state index contributed by atoms with van der Waals surface area (Å²) in [6, 6.07) is 9.33. The number of imidazole rings is 1. The summed E-state index contributed by atoms with van der Waals surface area (Å²) in [5.41, 5.74) is 0.853. The van der Waals surface area contributed by atoms with Gasteiger partial charge in [0, 0.05) is 31.7 Å². The molecule has 0 aromatic carbocycles. The molecule has 0 aliphatic carbocycles. The monoisotopic (exact) mass is 370 g/mol. The topological polar surface area (TPSA) is 64.2 Å². The van der Waals surface area contributed by atoms with Crippen LogP contribution in [0.4, 0.5) is 0 Å². The van der Waals surface area contributed by atoms with Crippen LogP contribution in [0, 0.1) is 0 Å². The Morgan fingerprint density at radius 3 is 2.73 bits per heavy atom. The third-order valence-corrected chi connectivity index (χ3v) is 5.02. The van der Waals surface area contributed by atoms with Gasteiger partial charge in [0.05, 0.1) is 18.0 Å². The molecule has 3 heterocycles. The van der Waals surface area contributed by atoms with Gasteiger partial charge in [0.1, 0.15) is 5.76 Å². The Morgan fingerprint density at radius 2 is 2.08 bits per heavy atom. The molecule has 0 spiro atoms. The van der Waals surface area contributed by atoms with Gasteiger partial charge in [-0.3, -0.25) is 9.78 Å². The average Bonchev–Trinajstić information content (AvgIpc) is 3.27. The second-order valence-electron chi connectivity index (χ2n) is 6.22. The van der Waals surface area contributed by atoms with Crippen molar-refractivity contribution in [3.8, 4) is 0 Å². The third kappa shape index (κ3) is 4.35. The molecule has 3 aromatic heterocycles. The quantitative estimate of drug-likeness (QED) is 0.593. The van der Waals surface area contributed by atoms with Crippen LogP contribution in [0.5, 0.6) is 0 Å². The summed E-state index contributed by atoms with van der Waals surface area (Å²) in [6.07, 6.45) is 5.40. The van der Waals surface area contributed by atoms with Gasteiger partial charge in [-0.2, -0.15) is 0 Å². The van der Waals surface area contributed by atoms with E-state index in [9.17, 15) is 4.79 Å². The van der Waals surface area contributed by atoms with Crippen LogP contribution in [-0.2, 0) is 19.3 Å². The molecule has 3 rings (SSSR count). The molecular formula is C19H22N4O2S. The highest BCUT2D eigenvalue weighted by atomic mass is 32.2. The van der Waals surface area contributed by atoms with Gasteiger partial charge in [0.2, 0.25) is 0 Å². The SMILES string of the molecule is CC(C)N(Cc1ccccn1)C(=O)c1ccc(CSc2nccn2C)o1. The van der Waals surface area contributed by atoms with E-state index in [1.807, 2.05) is 55.9 Å². The van der Waals surface area contributed by atoms with E-state index in [1.165, 1.54) is 0 Å². The Hall–Kier alpha value is -2.54. The maximum absolute atomic E-state index is 12.9. The largest absolute Gasteiger partial charge is 0.455 e. The van der Waals surface area contributed by atoms with Gasteiger partial charge in [-0.25, -0.2) is 4.98 Å². The number of furan rings is 1. The molecule has 1 amide bonds. The standard InChI is InChI=1S/C19H22N4O2S/c1-14(2)23(12-15-6-4-5-9-20-15)18(24)17-8-7-16(25-17)13-26-19-21-10-11-22(19)3/h4-11,14H,12-13H2,1-3H3. The Bertz CT molecular complexity index is 857. The molecule has 26 heavy (non-hydrogen) atoms. The lowest BCUT2D eigenvalue weighted by atomic mass is 10.2. The van der Waals surface area contributed by atoms with Crippen molar-refractivity contribution in [2.24, 2.45) is 7.05 Å². The Labute approximate surface area is 157 Å². The molecule has 0 N–H and O–H groups in total. The summed E-state index contributed by atoms with van der Waals surface area (Å²) in [7, 11) is 1.95. The molecule has 0 fully saturated rings. The van der Waals surface area contributed by atoms with Gasteiger partial charge >= 0.3 is 0 Å². The van der Waals surface area contributed by atoms with Crippen LogP contribution in [0.2, 0.25) is 0 Å². The van der Waals surface area contributed by atoms with E-state index >= 15 is 0 Å². The number of carbonyl (C=O) groups excluding carboxylic acids is 1. The van der Waals surface area contributed by atoms with E-state index in [0.29, 0.717) is 18.1 Å². The van der Waals surface area contributed by atoms with Gasteiger partial charge in [0.15, 0.2) is 10.9 Å². The first-order chi connectivity index (χ1) is 12.5. The molecule has 136 valence electrons. The van der Waals surface area contributed by atoms with Crippen molar-refractivity contribution in [1.82, 2.24) is 19.4 Å². The lowest BCUT2D eigenvalue weighted by Crippen LogP contribution is -2.36. The van der Waals surface area contributed by atoms with E-state index in [4.69, 9.17) is 4.42 Å². The number of carbonyl (C=O) groups is 1. The molecule has 6 nitrogen and oxygen atoms in total. The van der Waals surface area contributed by atoms with Crippen molar-refractivity contribution in [3.05, 3.63) is 66.1 Å². The smallest absolute Gasteiger partial charge is 0.290 e. The van der Waals surface area contributed by atoms with Crippen LogP contribution in [-0.4, -0.2) is 31.4 Å². The fraction of sp³-hybridized carbons (Fsp3) is 0.316. The molecule has 0 radical (unpaired) electrons. The van der Waals surface area contributed by atoms with Gasteiger partial charge in [-0.05, 0) is 38.1 Å². The number of hydrogen-bond donors (Lipinski definition) is 0. The number of hydrogen-bond acceptors (Lipinski definition) is 5. The first kappa shape index (κ1) is 18.3. The second-order valence-corrected chi connectivity index (χ2v) is 7.17. The summed E-state index contributed by atoms with van der Waals surface area (Å²) in [5, 5.41) is 0.910. The minimum atomic E-state index is -0.126. The predicted octanol–water partition coefficient (Wildman–Crippen LogP) is 3.75. The van der Waals surface area contributed by atoms with Crippen molar-refractivity contribution in [1.29, 1.82) is 0 Å². The van der Waals surface area contributed by atoms with Crippen LogP contribution < -0.4 is 0 Å². The number of thioether (sulfide) groups is 1. The molecular weight excluding hydrogens is 348 g/mol. The lowest BCUT2D eigenvalue weighted by Gasteiger charge is -2.25. The van der Waals surface area contributed by atoms with Crippen molar-refractivity contribution in [2.75, 3.05) is 0 Å². The summed E-state index contributed by atoms with van der Waals surface area (Å²) in [6.45, 7) is 4.43. The summed E-state index contributed by atoms with van der Waals surface area (Å²) >= 11 is 1.57. The fourth-order valence-corrected chi connectivity index (χ4v) is 3.32. The molecule has 0 aliphatic heterocycles. The van der Waals surface area contributed by atoms with Crippen molar-refractivity contribution >= 4 is 17.7 Å². The maximum atomic E-state index is 12.9. The highest BCUT2D eigenvalue weighted by molar-refractivity contribution is 7.98. The molecule has 0 unspecified atom stereocenters. The normalized spacial score (nSPS) is 11.1. The lowest BCUT2D eigenvalue weighted by molar-refractivity contribution is 0.0653. The van der Waals surface area contributed by atoms with Crippen molar-refractivity contribution in [3.63, 3.8) is 0 Å². The number of aryl methyl sites for hydroxylation is 1. The minimum absolute atomic E-state index is 0.0417. The summed E-state index contributed by atoms with van der Waals surface area (Å²) in [4.78, 5) is 23.2. The fourth-order valence-electron chi connectivity index (χ4n) is 2.49. The first-order valence-corrected chi connectivity index (χ1v) is 9.43. The van der Waals surface area contributed by atoms with Crippen LogP contribution >= 0.6 is 11.8 Å². The zero-order valence-corrected chi connectivity index (χ0v) is 15.9. The van der Waals surface area contributed by atoms with E-state index in [2.05, 4.69) is 9.97 Å². The van der Waals surface area contributed by atoms with E-state index in [0.717, 1.165) is 16.6 Å². The van der Waals surface area contributed by atoms with Crippen LogP contribution in [0.1, 0.15) is 35.9 Å². The average molecular weight is 370 g/mol. The van der Waals surface area contributed by atoms with E-state index in [-0.39, 0.29) is 11.9 Å². The molecule has 0 bridgehead atoms. The van der Waals surface area contributed by atoms with E-state index < -0.39 is 0 Å². The predicted molar refractivity (Wildman–Crippen MR) is 101 cm³/mol. The maximum Gasteiger partial charge on any atom is 0.290 e. The van der Waals surface area contributed by atoms with Crippen LogP contribution in [0.25, 0.3) is 0 Å². The Morgan fingerprint density at radius 1 is 1.23 bits per heavy atom. The molecule has 0 saturated carbocycles. The van der Waals surface area contributed by atoms with Crippen molar-refractivity contribution in [2.45, 2.75) is 37.3 Å². The van der Waals surface area contributed by atoms with Crippen LogP contribution in [0.15, 0.2) is 58.5 Å². The second kappa shape index (κ2) is 8.23. The van der Waals surface area contributed by atoms with E-state index in [1.54, 1.807) is 35.1 Å². The minimum Gasteiger partial charge on any atom is -0.455 e. The number of pyridine rings is 1. The summed E-state index contributed by atoms with van der Waals surface area (Å²) in [5.74, 6) is 1.60. The van der Waals surface area contributed by atoms with Gasteiger partial charge in [0.25, 0.3) is 5.91 Å². The number of nitrogens with zero attached hydrogens (tertiary/aromatic N) is 4. The number of rotatable bonds is 7. The third-order valence-electron chi connectivity index (χ3n) is 3.94. The molecule has 7 heteroatoms. The zero-order valence-electron chi connectivity index (χ0n) is 15.1. The molecule has 0 saturated heterocycles. The zero-order chi connectivity index (χ0) is 18.5. The molecule has 0 aliphatic rings. The number of aromatic nitrogens is 3.